The van der Waals surface area contributed by atoms with Crippen molar-refractivity contribution in [3.63, 3.8) is 0 Å². The van der Waals surface area contributed by atoms with E-state index in [1.807, 2.05) is 6.92 Å². The van der Waals surface area contributed by atoms with Crippen LogP contribution in [0.15, 0.2) is 6.20 Å². The standard InChI is InChI=1S/C14H26N6O2/c1-10(2)6-14(3,9-15)16-13(22)11-7-20(18-17-11)8-12(21)19(4)5/h7,10H,6,8-9,15H2,1-5H3,(H,16,22). The number of nitrogens with one attached hydrogen (secondary N) is 1. The second kappa shape index (κ2) is 7.35. The predicted molar refractivity (Wildman–Crippen MR) is 83.1 cm³/mol. The highest BCUT2D eigenvalue weighted by Crippen LogP contribution is 2.15. The van der Waals surface area contributed by atoms with Crippen molar-refractivity contribution in [3.05, 3.63) is 11.9 Å². The van der Waals surface area contributed by atoms with Gasteiger partial charge in [0.15, 0.2) is 5.69 Å². The quantitative estimate of drug-likeness (QED) is 0.729. The smallest absolute Gasteiger partial charge is 0.273 e. The molecule has 1 rings (SSSR count). The number of hydrogen-bond donors (Lipinski definition) is 2. The van der Waals surface area contributed by atoms with Crippen LogP contribution >= 0.6 is 0 Å². The summed E-state index contributed by atoms with van der Waals surface area (Å²) < 4.78 is 1.35. The monoisotopic (exact) mass is 310 g/mol. The molecule has 0 aliphatic heterocycles. The lowest BCUT2D eigenvalue weighted by atomic mass is 9.90. The topological polar surface area (TPSA) is 106 Å². The predicted octanol–water partition coefficient (Wildman–Crippen LogP) is -0.140. The molecule has 0 bridgehead atoms. The maximum absolute atomic E-state index is 12.3. The fraction of sp³-hybridized carbons (Fsp3) is 0.714. The molecule has 1 heterocycles. The van der Waals surface area contributed by atoms with E-state index in [4.69, 9.17) is 5.73 Å². The molecule has 1 atom stereocenters. The van der Waals surface area contributed by atoms with Crippen molar-refractivity contribution in [2.75, 3.05) is 20.6 Å². The van der Waals surface area contributed by atoms with Crippen molar-refractivity contribution >= 4 is 11.8 Å². The van der Waals surface area contributed by atoms with Crippen LogP contribution in [-0.4, -0.2) is 57.9 Å². The highest BCUT2D eigenvalue weighted by Gasteiger charge is 2.27. The van der Waals surface area contributed by atoms with E-state index in [9.17, 15) is 9.59 Å². The molecule has 0 aliphatic carbocycles. The summed E-state index contributed by atoms with van der Waals surface area (Å²) >= 11 is 0. The molecule has 0 saturated heterocycles. The third kappa shape index (κ3) is 5.10. The number of nitrogens with two attached hydrogens (primary N) is 1. The van der Waals surface area contributed by atoms with Crippen molar-refractivity contribution in [3.8, 4) is 0 Å². The highest BCUT2D eigenvalue weighted by molar-refractivity contribution is 5.92. The van der Waals surface area contributed by atoms with Gasteiger partial charge in [0.05, 0.1) is 11.7 Å². The van der Waals surface area contributed by atoms with Gasteiger partial charge in [-0.2, -0.15) is 0 Å². The van der Waals surface area contributed by atoms with Crippen LogP contribution < -0.4 is 11.1 Å². The maximum Gasteiger partial charge on any atom is 0.273 e. The first-order chi connectivity index (χ1) is 10.2. The van der Waals surface area contributed by atoms with Crippen molar-refractivity contribution in [2.45, 2.75) is 39.3 Å². The summed E-state index contributed by atoms with van der Waals surface area (Å²) in [4.78, 5) is 25.3. The van der Waals surface area contributed by atoms with E-state index in [0.717, 1.165) is 6.42 Å². The number of rotatable bonds is 7. The molecule has 0 spiro atoms. The fourth-order valence-electron chi connectivity index (χ4n) is 2.18. The van der Waals surface area contributed by atoms with Gasteiger partial charge >= 0.3 is 0 Å². The second-order valence-corrected chi connectivity index (χ2v) is 6.41. The minimum Gasteiger partial charge on any atom is -0.347 e. The zero-order valence-electron chi connectivity index (χ0n) is 14.0. The largest absolute Gasteiger partial charge is 0.347 e. The molecular formula is C14H26N6O2. The molecule has 124 valence electrons. The third-order valence-corrected chi connectivity index (χ3v) is 3.29. The lowest BCUT2D eigenvalue weighted by Crippen LogP contribution is -2.52. The van der Waals surface area contributed by atoms with Gasteiger partial charge in [-0.1, -0.05) is 19.1 Å². The Morgan fingerprint density at radius 3 is 2.59 bits per heavy atom. The van der Waals surface area contributed by atoms with Crippen LogP contribution in [0.5, 0.6) is 0 Å². The van der Waals surface area contributed by atoms with Crippen LogP contribution in [0.4, 0.5) is 0 Å². The van der Waals surface area contributed by atoms with Crippen LogP contribution in [0.1, 0.15) is 37.7 Å². The summed E-state index contributed by atoms with van der Waals surface area (Å²) in [6.07, 6.45) is 2.23. The molecule has 1 unspecified atom stereocenters. The van der Waals surface area contributed by atoms with Gasteiger partial charge in [0.2, 0.25) is 5.91 Å². The van der Waals surface area contributed by atoms with Crippen LogP contribution in [0.2, 0.25) is 0 Å². The van der Waals surface area contributed by atoms with Gasteiger partial charge in [0.25, 0.3) is 5.91 Å². The Kier molecular flexibility index (Phi) is 6.04. The summed E-state index contributed by atoms with van der Waals surface area (Å²) in [6, 6.07) is 0. The molecule has 22 heavy (non-hydrogen) atoms. The molecule has 0 saturated carbocycles. The SMILES string of the molecule is CC(C)CC(C)(CN)NC(=O)c1cn(CC(=O)N(C)C)nn1. The van der Waals surface area contributed by atoms with Gasteiger partial charge in [-0.15, -0.1) is 5.10 Å². The Bertz CT molecular complexity index is 525. The van der Waals surface area contributed by atoms with E-state index in [0.29, 0.717) is 12.5 Å². The summed E-state index contributed by atoms with van der Waals surface area (Å²) in [7, 11) is 3.32. The van der Waals surface area contributed by atoms with Crippen LogP contribution in [0.3, 0.4) is 0 Å². The van der Waals surface area contributed by atoms with E-state index in [1.54, 1.807) is 14.1 Å². The van der Waals surface area contributed by atoms with Gasteiger partial charge in [-0.3, -0.25) is 9.59 Å². The molecule has 0 aromatic carbocycles. The molecule has 0 aliphatic rings. The molecule has 0 fully saturated rings. The Hall–Kier alpha value is -1.96. The normalized spacial score (nSPS) is 13.8. The minimum absolute atomic E-state index is 0.0490. The average Bonchev–Trinajstić information content (AvgIpc) is 2.86. The van der Waals surface area contributed by atoms with E-state index in [2.05, 4.69) is 29.5 Å². The number of amides is 2. The average molecular weight is 310 g/mol. The molecule has 2 amide bonds. The lowest BCUT2D eigenvalue weighted by Gasteiger charge is -2.30. The zero-order chi connectivity index (χ0) is 16.9. The van der Waals surface area contributed by atoms with Gasteiger partial charge < -0.3 is 16.0 Å². The molecule has 1 aromatic rings. The first-order valence-corrected chi connectivity index (χ1v) is 7.29. The van der Waals surface area contributed by atoms with Crippen LogP contribution in [0, 0.1) is 5.92 Å². The van der Waals surface area contributed by atoms with Gasteiger partial charge in [-0.05, 0) is 19.3 Å². The van der Waals surface area contributed by atoms with E-state index >= 15 is 0 Å². The first kappa shape index (κ1) is 18.1. The lowest BCUT2D eigenvalue weighted by molar-refractivity contribution is -0.129. The van der Waals surface area contributed by atoms with E-state index in [-0.39, 0.29) is 24.1 Å². The molecule has 3 N–H and O–H groups in total. The van der Waals surface area contributed by atoms with Crippen molar-refractivity contribution in [2.24, 2.45) is 11.7 Å². The van der Waals surface area contributed by atoms with E-state index < -0.39 is 5.54 Å². The number of aromatic nitrogens is 3. The number of carbonyl (C=O) groups excluding carboxylic acids is 2. The van der Waals surface area contributed by atoms with Crippen LogP contribution in [-0.2, 0) is 11.3 Å². The van der Waals surface area contributed by atoms with E-state index in [1.165, 1.54) is 15.8 Å². The summed E-state index contributed by atoms with van der Waals surface area (Å²) in [5.74, 6) is -0.0529. The molecule has 0 radical (unpaired) electrons. The number of hydrogen-bond acceptors (Lipinski definition) is 5. The molecular weight excluding hydrogens is 284 g/mol. The molecule has 1 aromatic heterocycles. The Labute approximate surface area is 131 Å². The minimum atomic E-state index is -0.492. The second-order valence-electron chi connectivity index (χ2n) is 6.41. The van der Waals surface area contributed by atoms with Gasteiger partial charge in [-0.25, -0.2) is 4.68 Å². The third-order valence-electron chi connectivity index (χ3n) is 3.29. The Morgan fingerprint density at radius 2 is 2.09 bits per heavy atom. The summed E-state index contributed by atoms with van der Waals surface area (Å²) in [6.45, 7) is 6.44. The Morgan fingerprint density at radius 1 is 1.45 bits per heavy atom. The highest BCUT2D eigenvalue weighted by atomic mass is 16.2. The van der Waals surface area contributed by atoms with Crippen molar-refractivity contribution in [1.82, 2.24) is 25.2 Å². The zero-order valence-corrected chi connectivity index (χ0v) is 14.0. The summed E-state index contributed by atoms with van der Waals surface area (Å²) in [5.41, 5.74) is 5.46. The fourth-order valence-corrected chi connectivity index (χ4v) is 2.18. The number of likely N-dealkylation sites (N-methyl/N-ethyl adjacent to an activating group) is 1. The number of nitrogens with zero attached hydrogens (tertiary/aromatic N) is 4. The van der Waals surface area contributed by atoms with Crippen molar-refractivity contribution in [1.29, 1.82) is 0 Å². The first-order valence-electron chi connectivity index (χ1n) is 7.29. The molecule has 8 nitrogen and oxygen atoms in total. The van der Waals surface area contributed by atoms with Crippen LogP contribution in [0.25, 0.3) is 0 Å². The van der Waals surface area contributed by atoms with Gasteiger partial charge in [0, 0.05) is 20.6 Å². The Balaban J connectivity index is 2.74. The maximum atomic E-state index is 12.3. The van der Waals surface area contributed by atoms with Crippen molar-refractivity contribution < 1.29 is 9.59 Å². The molecule has 8 heteroatoms. The summed E-state index contributed by atoms with van der Waals surface area (Å²) in [5, 5.41) is 10.5. The van der Waals surface area contributed by atoms with Gasteiger partial charge in [0.1, 0.15) is 6.54 Å². The number of carbonyl (C=O) groups is 2.